The van der Waals surface area contributed by atoms with Gasteiger partial charge in [-0.05, 0) is 31.2 Å². The van der Waals surface area contributed by atoms with Crippen LogP contribution in [0.2, 0.25) is 0 Å². The first-order valence-corrected chi connectivity index (χ1v) is 9.88. The quantitative estimate of drug-likeness (QED) is 0.424. The number of carbonyl (C=O) groups excluding carboxylic acids is 1. The van der Waals surface area contributed by atoms with Crippen LogP contribution in [0.4, 0.5) is 5.13 Å². The molecule has 0 unspecified atom stereocenters. The average molecular weight is 402 g/mol. The topological polar surface area (TPSA) is 72.1 Å². The van der Waals surface area contributed by atoms with E-state index in [2.05, 4.69) is 21.7 Å². The van der Waals surface area contributed by atoms with Gasteiger partial charge in [0.15, 0.2) is 11.0 Å². The number of nitrogens with zero attached hydrogens (tertiary/aromatic N) is 4. The summed E-state index contributed by atoms with van der Waals surface area (Å²) in [5.41, 5.74) is 3.16. The molecular formula is C22H18N4O2S. The van der Waals surface area contributed by atoms with Crippen LogP contribution in [0.1, 0.15) is 16.2 Å². The third-order valence-electron chi connectivity index (χ3n) is 4.26. The van der Waals surface area contributed by atoms with E-state index in [0.717, 1.165) is 16.8 Å². The van der Waals surface area contributed by atoms with Gasteiger partial charge in [-0.15, -0.1) is 17.9 Å². The Morgan fingerprint density at radius 3 is 2.52 bits per heavy atom. The van der Waals surface area contributed by atoms with Crippen molar-refractivity contribution in [1.82, 2.24) is 15.1 Å². The van der Waals surface area contributed by atoms with Crippen molar-refractivity contribution in [3.63, 3.8) is 0 Å². The van der Waals surface area contributed by atoms with Crippen LogP contribution in [0.15, 0.2) is 77.2 Å². The van der Waals surface area contributed by atoms with E-state index in [1.807, 2.05) is 35.7 Å². The van der Waals surface area contributed by atoms with Crippen LogP contribution >= 0.6 is 11.3 Å². The third-order valence-corrected chi connectivity index (χ3v) is 5.12. The van der Waals surface area contributed by atoms with E-state index in [1.54, 1.807) is 42.2 Å². The van der Waals surface area contributed by atoms with Crippen molar-refractivity contribution in [2.75, 3.05) is 11.4 Å². The lowest BCUT2D eigenvalue weighted by molar-refractivity contribution is 0.0989. The molecule has 29 heavy (non-hydrogen) atoms. The molecule has 144 valence electrons. The van der Waals surface area contributed by atoms with Gasteiger partial charge in [0.2, 0.25) is 0 Å². The SMILES string of the molecule is C=CCN(C(=O)c1ccc(-c2nc(C)no2)cc1)c1nc(-c2ccccc2)cs1. The van der Waals surface area contributed by atoms with Crippen LogP contribution in [0, 0.1) is 6.92 Å². The van der Waals surface area contributed by atoms with Gasteiger partial charge in [0.25, 0.3) is 11.8 Å². The molecule has 0 spiro atoms. The predicted molar refractivity (Wildman–Crippen MR) is 114 cm³/mol. The average Bonchev–Trinajstić information content (AvgIpc) is 3.42. The fourth-order valence-corrected chi connectivity index (χ4v) is 3.67. The molecule has 2 heterocycles. The van der Waals surface area contributed by atoms with E-state index in [-0.39, 0.29) is 5.91 Å². The van der Waals surface area contributed by atoms with Gasteiger partial charge in [0.05, 0.1) is 5.69 Å². The smallest absolute Gasteiger partial charge is 0.260 e. The lowest BCUT2D eigenvalue weighted by Gasteiger charge is -2.18. The van der Waals surface area contributed by atoms with Crippen LogP contribution in [0.3, 0.4) is 0 Å². The van der Waals surface area contributed by atoms with Crippen LogP contribution in [-0.4, -0.2) is 27.6 Å². The zero-order valence-electron chi connectivity index (χ0n) is 15.8. The maximum absolute atomic E-state index is 13.1. The Bertz CT molecular complexity index is 1130. The molecule has 0 aliphatic carbocycles. The summed E-state index contributed by atoms with van der Waals surface area (Å²) in [7, 11) is 0. The van der Waals surface area contributed by atoms with E-state index in [4.69, 9.17) is 4.52 Å². The lowest BCUT2D eigenvalue weighted by Crippen LogP contribution is -2.30. The molecule has 6 nitrogen and oxygen atoms in total. The van der Waals surface area contributed by atoms with E-state index in [0.29, 0.717) is 29.0 Å². The van der Waals surface area contributed by atoms with Crippen LogP contribution in [0.25, 0.3) is 22.7 Å². The summed E-state index contributed by atoms with van der Waals surface area (Å²) in [6.07, 6.45) is 1.69. The first-order valence-electron chi connectivity index (χ1n) is 9.00. The number of rotatable bonds is 6. The second-order valence-electron chi connectivity index (χ2n) is 6.31. The standard InChI is InChI=1S/C22H18N4O2S/c1-3-13-26(22-24-19(14-29-22)16-7-5-4-6-8-16)21(27)18-11-9-17(10-12-18)20-23-15(2)25-28-20/h3-12,14H,1,13H2,2H3. The number of thiazole rings is 1. The highest BCUT2D eigenvalue weighted by Crippen LogP contribution is 2.28. The summed E-state index contributed by atoms with van der Waals surface area (Å²) in [6, 6.07) is 17.0. The van der Waals surface area contributed by atoms with Gasteiger partial charge in [-0.25, -0.2) is 4.98 Å². The Morgan fingerprint density at radius 2 is 1.86 bits per heavy atom. The Hall–Kier alpha value is -3.58. The molecular weight excluding hydrogens is 384 g/mol. The zero-order chi connectivity index (χ0) is 20.2. The number of aromatic nitrogens is 3. The van der Waals surface area contributed by atoms with Gasteiger partial charge in [0.1, 0.15) is 0 Å². The van der Waals surface area contributed by atoms with Crippen molar-refractivity contribution in [2.24, 2.45) is 0 Å². The number of hydrogen-bond donors (Lipinski definition) is 0. The molecule has 7 heteroatoms. The molecule has 0 bridgehead atoms. The molecule has 0 saturated heterocycles. The summed E-state index contributed by atoms with van der Waals surface area (Å²) < 4.78 is 5.17. The number of amides is 1. The molecule has 0 fully saturated rings. The molecule has 0 saturated carbocycles. The first-order chi connectivity index (χ1) is 14.2. The Labute approximate surface area is 172 Å². The van der Waals surface area contributed by atoms with Gasteiger partial charge < -0.3 is 4.52 Å². The Morgan fingerprint density at radius 1 is 1.10 bits per heavy atom. The number of carbonyl (C=O) groups is 1. The highest BCUT2D eigenvalue weighted by atomic mass is 32.1. The molecule has 0 atom stereocenters. The van der Waals surface area contributed by atoms with Crippen molar-refractivity contribution in [1.29, 1.82) is 0 Å². The van der Waals surface area contributed by atoms with E-state index in [9.17, 15) is 4.79 Å². The molecule has 0 aliphatic rings. The molecule has 1 amide bonds. The molecule has 2 aromatic carbocycles. The maximum Gasteiger partial charge on any atom is 0.260 e. The van der Waals surface area contributed by atoms with E-state index < -0.39 is 0 Å². The monoisotopic (exact) mass is 402 g/mol. The lowest BCUT2D eigenvalue weighted by atomic mass is 10.1. The minimum Gasteiger partial charge on any atom is -0.334 e. The van der Waals surface area contributed by atoms with Crippen molar-refractivity contribution in [3.8, 4) is 22.7 Å². The predicted octanol–water partition coefficient (Wildman–Crippen LogP) is 5.00. The fourth-order valence-electron chi connectivity index (χ4n) is 2.83. The number of anilines is 1. The van der Waals surface area contributed by atoms with E-state index >= 15 is 0 Å². The van der Waals surface area contributed by atoms with Gasteiger partial charge in [-0.1, -0.05) is 41.6 Å². The van der Waals surface area contributed by atoms with Crippen molar-refractivity contribution >= 4 is 22.4 Å². The second kappa shape index (κ2) is 8.20. The van der Waals surface area contributed by atoms with Gasteiger partial charge in [-0.3, -0.25) is 9.69 Å². The van der Waals surface area contributed by atoms with Crippen LogP contribution in [-0.2, 0) is 0 Å². The Balaban J connectivity index is 1.59. The maximum atomic E-state index is 13.1. The summed E-state index contributed by atoms with van der Waals surface area (Å²) in [6.45, 7) is 5.90. The molecule has 0 radical (unpaired) electrons. The number of hydrogen-bond acceptors (Lipinski definition) is 6. The highest BCUT2D eigenvalue weighted by Gasteiger charge is 2.20. The first kappa shape index (κ1) is 18.8. The Kier molecular flexibility index (Phi) is 5.31. The molecule has 0 N–H and O–H groups in total. The van der Waals surface area contributed by atoms with Crippen LogP contribution < -0.4 is 4.90 Å². The third kappa shape index (κ3) is 4.00. The van der Waals surface area contributed by atoms with Gasteiger partial charge in [0, 0.05) is 28.6 Å². The van der Waals surface area contributed by atoms with Gasteiger partial charge in [-0.2, -0.15) is 4.98 Å². The van der Waals surface area contributed by atoms with E-state index in [1.165, 1.54) is 11.3 Å². The molecule has 4 rings (SSSR count). The normalized spacial score (nSPS) is 10.7. The molecule has 2 aromatic heterocycles. The zero-order valence-corrected chi connectivity index (χ0v) is 16.6. The largest absolute Gasteiger partial charge is 0.334 e. The molecule has 4 aromatic rings. The van der Waals surface area contributed by atoms with Crippen molar-refractivity contribution in [2.45, 2.75) is 6.92 Å². The molecule has 0 aliphatic heterocycles. The van der Waals surface area contributed by atoms with Crippen LogP contribution in [0.5, 0.6) is 0 Å². The minimum atomic E-state index is -0.146. The fraction of sp³-hybridized carbons (Fsp3) is 0.0909. The van der Waals surface area contributed by atoms with Crippen molar-refractivity contribution < 1.29 is 9.32 Å². The van der Waals surface area contributed by atoms with Crippen molar-refractivity contribution in [3.05, 3.63) is 84.0 Å². The summed E-state index contributed by atoms with van der Waals surface area (Å²) >= 11 is 1.43. The number of aryl methyl sites for hydroxylation is 1. The summed E-state index contributed by atoms with van der Waals surface area (Å²) in [5, 5.41) is 6.37. The second-order valence-corrected chi connectivity index (χ2v) is 7.15. The summed E-state index contributed by atoms with van der Waals surface area (Å²) in [5.74, 6) is 0.847. The number of benzene rings is 2. The highest BCUT2D eigenvalue weighted by molar-refractivity contribution is 7.14. The summed E-state index contributed by atoms with van der Waals surface area (Å²) in [4.78, 5) is 23.6. The van der Waals surface area contributed by atoms with Gasteiger partial charge >= 0.3 is 0 Å². The minimum absolute atomic E-state index is 0.146.